The number of rotatable bonds is 3. The van der Waals surface area contributed by atoms with Gasteiger partial charge >= 0.3 is 0 Å². The van der Waals surface area contributed by atoms with Crippen LogP contribution in [-0.4, -0.2) is 0 Å². The van der Waals surface area contributed by atoms with Crippen molar-refractivity contribution in [1.82, 2.24) is 0 Å². The Bertz CT molecular complexity index is 547. The molecule has 4 fully saturated rings. The molecule has 5 rings (SSSR count). The van der Waals surface area contributed by atoms with Crippen LogP contribution in [0.25, 0.3) is 0 Å². The van der Waals surface area contributed by atoms with E-state index >= 15 is 0 Å². The highest BCUT2D eigenvalue weighted by Gasteiger charge is 2.60. The summed E-state index contributed by atoms with van der Waals surface area (Å²) in [5.74, 6) is 0.947. The first kappa shape index (κ1) is 14.5. The summed E-state index contributed by atoms with van der Waals surface area (Å²) in [6.07, 6.45) is 9.68. The lowest BCUT2D eigenvalue weighted by atomic mass is 9.39. The summed E-state index contributed by atoms with van der Waals surface area (Å²) in [7, 11) is 0. The van der Waals surface area contributed by atoms with Crippen molar-refractivity contribution in [3.8, 4) is 0 Å². The zero-order valence-corrected chi connectivity index (χ0v) is 14.7. The van der Waals surface area contributed by atoms with E-state index in [1.165, 1.54) is 43.4 Å². The normalized spacial score (nSPS) is 46.0. The Morgan fingerprint density at radius 3 is 2.43 bits per heavy atom. The van der Waals surface area contributed by atoms with Crippen molar-refractivity contribution in [1.29, 1.82) is 0 Å². The van der Waals surface area contributed by atoms with Crippen molar-refractivity contribution in [3.05, 3.63) is 21.3 Å². The largest absolute Gasteiger partial charge is 0.323 e. The molecule has 2 N–H and O–H groups in total. The van der Waals surface area contributed by atoms with E-state index in [1.807, 2.05) is 6.07 Å². The Morgan fingerprint density at radius 1 is 1.24 bits per heavy atom. The summed E-state index contributed by atoms with van der Waals surface area (Å²) in [5.41, 5.74) is 8.21. The van der Waals surface area contributed by atoms with Gasteiger partial charge in [-0.1, -0.05) is 25.4 Å². The summed E-state index contributed by atoms with van der Waals surface area (Å²) < 4.78 is 0. The van der Waals surface area contributed by atoms with Crippen LogP contribution in [0.2, 0.25) is 5.02 Å². The van der Waals surface area contributed by atoms with E-state index in [0.29, 0.717) is 16.2 Å². The van der Waals surface area contributed by atoms with Crippen LogP contribution in [0.1, 0.15) is 69.7 Å². The summed E-state index contributed by atoms with van der Waals surface area (Å²) in [6, 6.07) is 2.12. The second kappa shape index (κ2) is 4.49. The number of nitrogens with two attached hydrogens (primary N) is 1. The van der Waals surface area contributed by atoms with E-state index in [1.54, 1.807) is 11.3 Å². The van der Waals surface area contributed by atoms with Gasteiger partial charge in [0.15, 0.2) is 0 Å². The van der Waals surface area contributed by atoms with E-state index < -0.39 is 0 Å². The highest BCUT2D eigenvalue weighted by atomic mass is 35.5. The zero-order valence-electron chi connectivity index (χ0n) is 13.1. The van der Waals surface area contributed by atoms with Gasteiger partial charge in [-0.05, 0) is 78.6 Å². The van der Waals surface area contributed by atoms with Crippen molar-refractivity contribution < 1.29 is 0 Å². The van der Waals surface area contributed by atoms with Crippen LogP contribution >= 0.6 is 22.9 Å². The Hall–Kier alpha value is -0.0500. The highest BCUT2D eigenvalue weighted by molar-refractivity contribution is 7.10. The minimum atomic E-state index is 0.126. The fourth-order valence-electron chi connectivity index (χ4n) is 7.04. The van der Waals surface area contributed by atoms with E-state index in [0.717, 1.165) is 17.4 Å². The molecule has 3 atom stereocenters. The molecular weight excluding hydrogens is 298 g/mol. The zero-order chi connectivity index (χ0) is 14.9. The standard InChI is InChI=1S/C18H26ClNS/c1-16-5-12-6-17(2,9-16)11-18(7-12,10-16)8-14(20)15-13(19)3-4-21-15/h3-4,12,14H,5-11,20H2,1-2H3. The van der Waals surface area contributed by atoms with Gasteiger partial charge in [0.25, 0.3) is 0 Å². The second-order valence-electron chi connectivity index (χ2n) is 9.07. The van der Waals surface area contributed by atoms with Crippen LogP contribution < -0.4 is 5.73 Å². The van der Waals surface area contributed by atoms with Crippen LogP contribution in [-0.2, 0) is 0 Å². The molecular formula is C18H26ClNS. The molecule has 4 aliphatic rings. The molecule has 4 bridgehead atoms. The molecule has 1 aromatic rings. The van der Waals surface area contributed by atoms with Gasteiger partial charge in [-0.2, -0.15) is 0 Å². The van der Waals surface area contributed by atoms with Crippen LogP contribution in [0.3, 0.4) is 0 Å². The Labute approximate surface area is 137 Å². The van der Waals surface area contributed by atoms with Crippen molar-refractivity contribution >= 4 is 22.9 Å². The first-order valence-corrected chi connectivity index (χ1v) is 9.55. The summed E-state index contributed by atoms with van der Waals surface area (Å²) in [5, 5.41) is 2.94. The minimum absolute atomic E-state index is 0.126. The lowest BCUT2D eigenvalue weighted by molar-refractivity contribution is -0.149. The van der Waals surface area contributed by atoms with E-state index in [2.05, 4.69) is 19.2 Å². The summed E-state index contributed by atoms with van der Waals surface area (Å²) >= 11 is 8.03. The minimum Gasteiger partial charge on any atom is -0.323 e. The van der Waals surface area contributed by atoms with Crippen LogP contribution in [0.4, 0.5) is 0 Å². The number of halogens is 1. The summed E-state index contributed by atoms with van der Waals surface area (Å²) in [6.45, 7) is 5.07. The first-order valence-electron chi connectivity index (χ1n) is 8.29. The average molecular weight is 324 g/mol. The predicted molar refractivity (Wildman–Crippen MR) is 90.7 cm³/mol. The Balaban J connectivity index is 1.61. The van der Waals surface area contributed by atoms with Gasteiger partial charge in [0.05, 0.1) is 5.02 Å². The molecule has 1 nitrogen and oxygen atoms in total. The lowest BCUT2D eigenvalue weighted by Gasteiger charge is -2.66. The molecule has 4 aliphatic carbocycles. The maximum Gasteiger partial charge on any atom is 0.0561 e. The third-order valence-electron chi connectivity index (χ3n) is 6.38. The first-order chi connectivity index (χ1) is 9.81. The van der Waals surface area contributed by atoms with Crippen molar-refractivity contribution in [3.63, 3.8) is 0 Å². The SMILES string of the molecule is CC12CC3CC(C)(C1)CC(CC(N)c1sccc1Cl)(C3)C2. The van der Waals surface area contributed by atoms with Crippen LogP contribution in [0, 0.1) is 22.2 Å². The molecule has 0 aliphatic heterocycles. The molecule has 1 heterocycles. The fourth-order valence-corrected chi connectivity index (χ4v) is 8.24. The van der Waals surface area contributed by atoms with Gasteiger partial charge < -0.3 is 5.73 Å². The number of hydrogen-bond donors (Lipinski definition) is 1. The monoisotopic (exact) mass is 323 g/mol. The quantitative estimate of drug-likeness (QED) is 0.748. The van der Waals surface area contributed by atoms with Gasteiger partial charge in [0, 0.05) is 10.9 Å². The van der Waals surface area contributed by atoms with E-state index in [-0.39, 0.29) is 6.04 Å². The average Bonchev–Trinajstić information content (AvgIpc) is 2.69. The fraction of sp³-hybridized carbons (Fsp3) is 0.778. The van der Waals surface area contributed by atoms with Crippen LogP contribution in [0.15, 0.2) is 11.4 Å². The summed E-state index contributed by atoms with van der Waals surface area (Å²) in [4.78, 5) is 1.20. The molecule has 0 saturated heterocycles. The number of hydrogen-bond acceptors (Lipinski definition) is 2. The number of thiophene rings is 1. The molecule has 3 heteroatoms. The van der Waals surface area contributed by atoms with Gasteiger partial charge in [-0.3, -0.25) is 0 Å². The molecule has 21 heavy (non-hydrogen) atoms. The van der Waals surface area contributed by atoms with Gasteiger partial charge in [0.2, 0.25) is 0 Å². The maximum absolute atomic E-state index is 6.57. The molecule has 4 saturated carbocycles. The van der Waals surface area contributed by atoms with Gasteiger partial charge in [-0.25, -0.2) is 0 Å². The third-order valence-corrected chi connectivity index (χ3v) is 7.87. The molecule has 0 spiro atoms. The highest BCUT2D eigenvalue weighted by Crippen LogP contribution is 2.71. The molecule has 1 aromatic heterocycles. The third kappa shape index (κ3) is 2.38. The van der Waals surface area contributed by atoms with Gasteiger partial charge in [-0.15, -0.1) is 11.3 Å². The Kier molecular flexibility index (Phi) is 3.11. The van der Waals surface area contributed by atoms with Crippen molar-refractivity contribution in [2.75, 3.05) is 0 Å². The lowest BCUT2D eigenvalue weighted by Crippen LogP contribution is -2.55. The molecule has 3 unspecified atom stereocenters. The molecule has 0 amide bonds. The molecule has 0 aromatic carbocycles. The maximum atomic E-state index is 6.57. The predicted octanol–water partition coefficient (Wildman–Crippen LogP) is 5.79. The molecule has 0 radical (unpaired) electrons. The second-order valence-corrected chi connectivity index (χ2v) is 10.4. The van der Waals surface area contributed by atoms with Crippen LogP contribution in [0.5, 0.6) is 0 Å². The van der Waals surface area contributed by atoms with E-state index in [9.17, 15) is 0 Å². The topological polar surface area (TPSA) is 26.0 Å². The smallest absolute Gasteiger partial charge is 0.0561 e. The Morgan fingerprint density at radius 2 is 1.90 bits per heavy atom. The van der Waals surface area contributed by atoms with Crippen molar-refractivity contribution in [2.24, 2.45) is 27.9 Å². The van der Waals surface area contributed by atoms with E-state index in [4.69, 9.17) is 17.3 Å². The van der Waals surface area contributed by atoms with Crippen molar-refractivity contribution in [2.45, 2.75) is 64.8 Å². The molecule has 116 valence electrons. The van der Waals surface area contributed by atoms with Gasteiger partial charge in [0.1, 0.15) is 0 Å².